The van der Waals surface area contributed by atoms with Crippen LogP contribution < -0.4 is 0 Å². The smallest absolute Gasteiger partial charge is 0.205 e. The number of rotatable bonds is 2. The van der Waals surface area contributed by atoms with Crippen molar-refractivity contribution in [2.75, 3.05) is 0 Å². The van der Waals surface area contributed by atoms with Crippen LogP contribution in [-0.4, -0.2) is 5.78 Å². The number of halogens is 3. The molecule has 0 saturated heterocycles. The summed E-state index contributed by atoms with van der Waals surface area (Å²) in [6.07, 6.45) is 3.30. The Morgan fingerprint density at radius 2 is 1.74 bits per heavy atom. The molecule has 0 N–H and O–H groups in total. The fraction of sp³-hybridized carbons (Fsp3) is 0.214. The summed E-state index contributed by atoms with van der Waals surface area (Å²) in [6, 6.07) is 5.06. The Labute approximate surface area is 130 Å². The van der Waals surface area contributed by atoms with Gasteiger partial charge in [0.1, 0.15) is 0 Å². The van der Waals surface area contributed by atoms with E-state index in [0.717, 1.165) is 12.8 Å². The molecule has 1 heterocycles. The van der Waals surface area contributed by atoms with Crippen LogP contribution in [0.25, 0.3) is 0 Å². The largest absolute Gasteiger partial charge is 0.288 e. The molecule has 0 aliphatic heterocycles. The number of carbonyl (C=O) groups excluding carboxylic acids is 1. The number of carbonyl (C=O) groups is 1. The third kappa shape index (κ3) is 2.43. The van der Waals surface area contributed by atoms with E-state index in [2.05, 4.69) is 0 Å². The maximum Gasteiger partial charge on any atom is 0.205 e. The average Bonchev–Trinajstić information content (AvgIpc) is 2.86. The molecular weight excluding hydrogens is 323 g/mol. The van der Waals surface area contributed by atoms with Gasteiger partial charge in [-0.1, -0.05) is 34.8 Å². The average molecular weight is 332 g/mol. The van der Waals surface area contributed by atoms with Gasteiger partial charge in [-0.05, 0) is 43.0 Å². The first-order valence-electron chi connectivity index (χ1n) is 5.87. The Kier molecular flexibility index (Phi) is 3.61. The molecule has 3 rings (SSSR count). The molecule has 0 spiro atoms. The molecule has 0 amide bonds. The molecular formula is C14H9Cl3OS. The number of aryl methyl sites for hydroxylation is 2. The van der Waals surface area contributed by atoms with E-state index in [1.807, 2.05) is 6.07 Å². The maximum absolute atomic E-state index is 12.5. The van der Waals surface area contributed by atoms with Crippen molar-refractivity contribution < 1.29 is 4.79 Å². The van der Waals surface area contributed by atoms with Crippen LogP contribution in [0, 0.1) is 0 Å². The Hall–Kier alpha value is -0.540. The van der Waals surface area contributed by atoms with Crippen LogP contribution in [0.1, 0.15) is 32.1 Å². The molecule has 0 fully saturated rings. The van der Waals surface area contributed by atoms with E-state index >= 15 is 0 Å². The van der Waals surface area contributed by atoms with E-state index < -0.39 is 0 Å². The third-order valence-electron chi connectivity index (χ3n) is 3.20. The van der Waals surface area contributed by atoms with Crippen molar-refractivity contribution in [2.24, 2.45) is 0 Å². The van der Waals surface area contributed by atoms with Crippen LogP contribution in [-0.2, 0) is 12.8 Å². The van der Waals surface area contributed by atoms with Crippen molar-refractivity contribution in [3.63, 3.8) is 0 Å². The highest BCUT2D eigenvalue weighted by molar-refractivity contribution is 7.14. The first-order chi connectivity index (χ1) is 9.06. The second kappa shape index (κ2) is 5.10. The van der Waals surface area contributed by atoms with E-state index in [1.54, 1.807) is 23.5 Å². The van der Waals surface area contributed by atoms with Gasteiger partial charge in [0, 0.05) is 9.90 Å². The standard InChI is InChI=1S/C14H9Cl3OS/c15-8-5-9(16)13(10(17)6-8)14(18)12-4-7-2-1-3-11(7)19-12/h4-6H,1-3H2. The van der Waals surface area contributed by atoms with Crippen LogP contribution in [0.2, 0.25) is 15.1 Å². The lowest BCUT2D eigenvalue weighted by Gasteiger charge is -2.05. The second-order valence-corrected chi connectivity index (χ2v) is 6.87. The Bertz CT molecular complexity index is 631. The highest BCUT2D eigenvalue weighted by Crippen LogP contribution is 2.35. The Morgan fingerprint density at radius 3 is 2.37 bits per heavy atom. The molecule has 2 aromatic rings. The van der Waals surface area contributed by atoms with Crippen LogP contribution in [0.4, 0.5) is 0 Å². The summed E-state index contributed by atoms with van der Waals surface area (Å²) in [5, 5.41) is 1.03. The van der Waals surface area contributed by atoms with Crippen LogP contribution >= 0.6 is 46.1 Å². The van der Waals surface area contributed by atoms with Gasteiger partial charge in [-0.25, -0.2) is 0 Å². The van der Waals surface area contributed by atoms with Crippen molar-refractivity contribution >= 4 is 51.9 Å². The van der Waals surface area contributed by atoms with Gasteiger partial charge < -0.3 is 0 Å². The van der Waals surface area contributed by atoms with Gasteiger partial charge in [0.25, 0.3) is 0 Å². The molecule has 0 saturated carbocycles. The zero-order chi connectivity index (χ0) is 13.6. The normalized spacial score (nSPS) is 13.6. The predicted molar refractivity (Wildman–Crippen MR) is 81.2 cm³/mol. The zero-order valence-corrected chi connectivity index (χ0v) is 12.9. The van der Waals surface area contributed by atoms with Crippen LogP contribution in [0.5, 0.6) is 0 Å². The molecule has 0 unspecified atom stereocenters. The quantitative estimate of drug-likeness (QED) is 0.671. The van der Waals surface area contributed by atoms with Crippen LogP contribution in [0.3, 0.4) is 0 Å². The molecule has 0 atom stereocenters. The summed E-state index contributed by atoms with van der Waals surface area (Å²) < 4.78 is 0. The Balaban J connectivity index is 2.04. The summed E-state index contributed by atoms with van der Waals surface area (Å²) in [5.74, 6) is -0.119. The summed E-state index contributed by atoms with van der Waals surface area (Å²) in [6.45, 7) is 0. The van der Waals surface area contributed by atoms with Gasteiger partial charge in [-0.3, -0.25) is 4.79 Å². The molecule has 0 radical (unpaired) electrons. The van der Waals surface area contributed by atoms with E-state index in [-0.39, 0.29) is 5.78 Å². The van der Waals surface area contributed by atoms with Crippen molar-refractivity contribution in [3.05, 3.63) is 54.1 Å². The first kappa shape index (κ1) is 13.4. The van der Waals surface area contributed by atoms with Crippen molar-refractivity contribution in [2.45, 2.75) is 19.3 Å². The van der Waals surface area contributed by atoms with E-state index in [0.29, 0.717) is 25.5 Å². The van der Waals surface area contributed by atoms with Gasteiger partial charge >= 0.3 is 0 Å². The number of benzene rings is 1. The molecule has 5 heteroatoms. The summed E-state index contributed by atoms with van der Waals surface area (Å²) >= 11 is 19.6. The highest BCUT2D eigenvalue weighted by Gasteiger charge is 2.23. The molecule has 1 nitrogen and oxygen atoms in total. The lowest BCUT2D eigenvalue weighted by Crippen LogP contribution is -2.01. The molecule has 1 aliphatic carbocycles. The SMILES string of the molecule is O=C(c1cc2c(s1)CCC2)c1c(Cl)cc(Cl)cc1Cl. The van der Waals surface area contributed by atoms with Gasteiger partial charge in [0.05, 0.1) is 20.5 Å². The van der Waals surface area contributed by atoms with Gasteiger partial charge in [-0.15, -0.1) is 11.3 Å². The summed E-state index contributed by atoms with van der Waals surface area (Å²) in [7, 11) is 0. The van der Waals surface area contributed by atoms with E-state index in [4.69, 9.17) is 34.8 Å². The minimum absolute atomic E-state index is 0.119. The lowest BCUT2D eigenvalue weighted by molar-refractivity contribution is 0.104. The number of hydrogen-bond donors (Lipinski definition) is 0. The van der Waals surface area contributed by atoms with Gasteiger partial charge in [-0.2, -0.15) is 0 Å². The minimum Gasteiger partial charge on any atom is -0.288 e. The summed E-state index contributed by atoms with van der Waals surface area (Å²) in [4.78, 5) is 14.5. The predicted octanol–water partition coefficient (Wildman–Crippen LogP) is 5.43. The van der Waals surface area contributed by atoms with Crippen LogP contribution in [0.15, 0.2) is 18.2 Å². The second-order valence-electron chi connectivity index (χ2n) is 4.49. The zero-order valence-electron chi connectivity index (χ0n) is 9.80. The van der Waals surface area contributed by atoms with E-state index in [1.165, 1.54) is 16.9 Å². The first-order valence-corrected chi connectivity index (χ1v) is 7.82. The van der Waals surface area contributed by atoms with Gasteiger partial charge in [0.2, 0.25) is 5.78 Å². The molecule has 0 bridgehead atoms. The van der Waals surface area contributed by atoms with Crippen molar-refractivity contribution in [1.29, 1.82) is 0 Å². The lowest BCUT2D eigenvalue weighted by atomic mass is 10.1. The number of hydrogen-bond acceptors (Lipinski definition) is 2. The number of fused-ring (bicyclic) bond motifs is 1. The number of ketones is 1. The van der Waals surface area contributed by atoms with E-state index in [9.17, 15) is 4.79 Å². The fourth-order valence-corrected chi connectivity index (χ4v) is 4.51. The molecule has 98 valence electrons. The number of thiophene rings is 1. The maximum atomic E-state index is 12.5. The molecule has 1 aromatic carbocycles. The third-order valence-corrected chi connectivity index (χ3v) is 5.25. The fourth-order valence-electron chi connectivity index (χ4n) is 2.32. The molecule has 19 heavy (non-hydrogen) atoms. The van der Waals surface area contributed by atoms with Gasteiger partial charge in [0.15, 0.2) is 0 Å². The molecule has 1 aliphatic rings. The topological polar surface area (TPSA) is 17.1 Å². The van der Waals surface area contributed by atoms with Crippen molar-refractivity contribution in [3.8, 4) is 0 Å². The summed E-state index contributed by atoms with van der Waals surface area (Å²) in [5.41, 5.74) is 1.63. The molecule has 1 aromatic heterocycles. The Morgan fingerprint density at radius 1 is 1.05 bits per heavy atom. The highest BCUT2D eigenvalue weighted by atomic mass is 35.5. The minimum atomic E-state index is -0.119. The monoisotopic (exact) mass is 330 g/mol. The van der Waals surface area contributed by atoms with Crippen molar-refractivity contribution in [1.82, 2.24) is 0 Å².